The fraction of sp³-hybridized carbons (Fsp3) is 0.267. The Labute approximate surface area is 142 Å². The molecule has 0 radical (unpaired) electrons. The minimum atomic E-state index is -3.65. The van der Waals surface area contributed by atoms with Gasteiger partial charge in [-0.15, -0.1) is 0 Å². The molecule has 0 spiro atoms. The van der Waals surface area contributed by atoms with E-state index in [-0.39, 0.29) is 35.6 Å². The SMILES string of the molecule is CCOP(=O)(OCC)c1ccc(-c2cc(C(=O)O)cc([N+](=O)[O-])c2)o1. The van der Waals surface area contributed by atoms with Gasteiger partial charge in [-0.1, -0.05) is 0 Å². The number of aromatic carboxylic acids is 1. The maximum Gasteiger partial charge on any atom is 0.396 e. The summed E-state index contributed by atoms with van der Waals surface area (Å²) >= 11 is 0. The first kappa shape index (κ1) is 18.9. The molecule has 0 saturated carbocycles. The van der Waals surface area contributed by atoms with Gasteiger partial charge in [0.15, 0.2) is 0 Å². The first-order valence-corrected chi connectivity index (χ1v) is 8.87. The van der Waals surface area contributed by atoms with Crippen LogP contribution in [0.1, 0.15) is 24.2 Å². The molecule has 0 unspecified atom stereocenters. The third-order valence-electron chi connectivity index (χ3n) is 3.12. The second kappa shape index (κ2) is 7.60. The molecule has 134 valence electrons. The van der Waals surface area contributed by atoms with Gasteiger partial charge in [-0.25, -0.2) is 4.79 Å². The molecule has 0 saturated heterocycles. The molecule has 10 heteroatoms. The van der Waals surface area contributed by atoms with Gasteiger partial charge >= 0.3 is 13.6 Å². The van der Waals surface area contributed by atoms with E-state index in [1.165, 1.54) is 24.3 Å². The van der Waals surface area contributed by atoms with E-state index in [1.807, 2.05) is 0 Å². The molecule has 2 rings (SSSR count). The van der Waals surface area contributed by atoms with E-state index in [0.717, 1.165) is 6.07 Å². The molecule has 25 heavy (non-hydrogen) atoms. The summed E-state index contributed by atoms with van der Waals surface area (Å²) in [5.74, 6) is -1.20. The third-order valence-corrected chi connectivity index (χ3v) is 5.10. The Morgan fingerprint density at radius 3 is 2.40 bits per heavy atom. The molecule has 1 N–H and O–H groups in total. The van der Waals surface area contributed by atoms with Gasteiger partial charge in [0, 0.05) is 17.7 Å². The Hall–Kier alpha value is -2.48. The Morgan fingerprint density at radius 1 is 1.24 bits per heavy atom. The van der Waals surface area contributed by atoms with Crippen LogP contribution in [0.3, 0.4) is 0 Å². The molecule has 0 aliphatic rings. The average Bonchev–Trinajstić information content (AvgIpc) is 3.05. The second-order valence-corrected chi connectivity index (χ2v) is 6.75. The number of benzene rings is 1. The molecule has 2 aromatic rings. The summed E-state index contributed by atoms with van der Waals surface area (Å²) < 4.78 is 28.5. The van der Waals surface area contributed by atoms with E-state index >= 15 is 0 Å². The normalized spacial score (nSPS) is 11.4. The quantitative estimate of drug-likeness (QED) is 0.425. The summed E-state index contributed by atoms with van der Waals surface area (Å²) in [6.45, 7) is 3.56. The van der Waals surface area contributed by atoms with Crippen molar-refractivity contribution in [1.29, 1.82) is 0 Å². The molecular weight excluding hydrogens is 353 g/mol. The van der Waals surface area contributed by atoms with Crippen LogP contribution in [0.25, 0.3) is 11.3 Å². The monoisotopic (exact) mass is 369 g/mol. The van der Waals surface area contributed by atoms with Crippen LogP contribution in [0, 0.1) is 10.1 Å². The van der Waals surface area contributed by atoms with Gasteiger partial charge < -0.3 is 18.6 Å². The number of carboxylic acids is 1. The average molecular weight is 369 g/mol. The minimum Gasteiger partial charge on any atom is -0.478 e. The molecule has 0 bridgehead atoms. The summed E-state index contributed by atoms with van der Waals surface area (Å²) in [7, 11) is -3.65. The molecule has 0 aliphatic heterocycles. The Bertz CT molecular complexity index is 802. The molecule has 1 aromatic carbocycles. The lowest BCUT2D eigenvalue weighted by Crippen LogP contribution is -2.08. The van der Waals surface area contributed by atoms with E-state index in [2.05, 4.69) is 0 Å². The van der Waals surface area contributed by atoms with Crippen LogP contribution < -0.4 is 5.50 Å². The molecular formula is C15H16NO8P. The Morgan fingerprint density at radius 2 is 1.88 bits per heavy atom. The van der Waals surface area contributed by atoms with Crippen molar-refractivity contribution in [3.05, 3.63) is 46.0 Å². The van der Waals surface area contributed by atoms with Crippen molar-refractivity contribution in [2.24, 2.45) is 0 Å². The molecule has 0 atom stereocenters. The highest BCUT2D eigenvalue weighted by molar-refractivity contribution is 7.61. The van der Waals surface area contributed by atoms with Gasteiger partial charge in [0.25, 0.3) is 5.69 Å². The largest absolute Gasteiger partial charge is 0.478 e. The number of hydrogen-bond acceptors (Lipinski definition) is 7. The van der Waals surface area contributed by atoms with Crippen LogP contribution in [0.5, 0.6) is 0 Å². The summed E-state index contributed by atoms with van der Waals surface area (Å²) in [5, 5.41) is 20.1. The predicted octanol–water partition coefficient (Wildman–Crippen LogP) is 3.44. The van der Waals surface area contributed by atoms with Gasteiger partial charge in [0.2, 0.25) is 5.50 Å². The maximum absolute atomic E-state index is 12.7. The Kier molecular flexibility index (Phi) is 5.73. The zero-order valence-electron chi connectivity index (χ0n) is 13.5. The standard InChI is InChI=1S/C15H16NO8P/c1-3-22-25(21,23-4-2)14-6-5-13(24-14)10-7-11(15(17)18)9-12(8-10)16(19)20/h5-9H,3-4H2,1-2H3,(H,17,18). The third kappa shape index (κ3) is 4.14. The number of non-ortho nitro benzene ring substituents is 1. The van der Waals surface area contributed by atoms with Gasteiger partial charge in [-0.3, -0.25) is 14.7 Å². The number of nitrogens with zero attached hydrogens (tertiary/aromatic N) is 1. The van der Waals surface area contributed by atoms with Crippen molar-refractivity contribution in [3.63, 3.8) is 0 Å². The summed E-state index contributed by atoms with van der Waals surface area (Å²) in [4.78, 5) is 21.4. The van der Waals surface area contributed by atoms with Gasteiger partial charge in [-0.2, -0.15) is 0 Å². The van der Waals surface area contributed by atoms with Crippen molar-refractivity contribution in [2.75, 3.05) is 13.2 Å². The zero-order valence-corrected chi connectivity index (χ0v) is 14.4. The topological polar surface area (TPSA) is 129 Å². The van der Waals surface area contributed by atoms with E-state index in [1.54, 1.807) is 13.8 Å². The highest BCUT2D eigenvalue weighted by Gasteiger charge is 2.31. The number of rotatable bonds is 8. The van der Waals surface area contributed by atoms with Crippen molar-refractivity contribution in [2.45, 2.75) is 13.8 Å². The van der Waals surface area contributed by atoms with E-state index in [9.17, 15) is 19.5 Å². The molecule has 0 aliphatic carbocycles. The first-order chi connectivity index (χ1) is 11.8. The molecule has 1 aromatic heterocycles. The van der Waals surface area contributed by atoms with Crippen LogP contribution in [0.4, 0.5) is 5.69 Å². The lowest BCUT2D eigenvalue weighted by molar-refractivity contribution is -0.384. The fourth-order valence-electron chi connectivity index (χ4n) is 2.12. The van der Waals surface area contributed by atoms with Crippen molar-refractivity contribution >= 4 is 24.8 Å². The molecule has 0 amide bonds. The lowest BCUT2D eigenvalue weighted by Gasteiger charge is -2.14. The minimum absolute atomic E-state index is 0.0606. The maximum atomic E-state index is 12.7. The number of furan rings is 1. The smallest absolute Gasteiger partial charge is 0.396 e. The highest BCUT2D eigenvalue weighted by Crippen LogP contribution is 2.47. The van der Waals surface area contributed by atoms with Gasteiger partial charge in [-0.05, 0) is 32.0 Å². The van der Waals surface area contributed by atoms with Gasteiger partial charge in [0.1, 0.15) is 5.76 Å². The predicted molar refractivity (Wildman–Crippen MR) is 88.3 cm³/mol. The molecule has 0 fully saturated rings. The van der Waals surface area contributed by atoms with Crippen LogP contribution in [-0.4, -0.2) is 29.2 Å². The number of nitro benzene ring substituents is 1. The van der Waals surface area contributed by atoms with Crippen LogP contribution in [0.2, 0.25) is 0 Å². The zero-order chi connectivity index (χ0) is 18.6. The summed E-state index contributed by atoms with van der Waals surface area (Å²) in [5.41, 5.74) is -0.558. The van der Waals surface area contributed by atoms with Crippen LogP contribution in [0.15, 0.2) is 34.7 Å². The number of carboxylic acid groups (broad SMARTS) is 1. The summed E-state index contributed by atoms with van der Waals surface area (Å²) in [6, 6.07) is 6.14. The second-order valence-electron chi connectivity index (χ2n) is 4.80. The van der Waals surface area contributed by atoms with E-state index < -0.39 is 24.2 Å². The first-order valence-electron chi connectivity index (χ1n) is 7.33. The van der Waals surface area contributed by atoms with Crippen LogP contribution >= 0.6 is 7.60 Å². The number of nitro groups is 1. The molecule has 1 heterocycles. The van der Waals surface area contributed by atoms with Crippen molar-refractivity contribution in [3.8, 4) is 11.3 Å². The number of carbonyl (C=O) groups is 1. The van der Waals surface area contributed by atoms with E-state index in [4.69, 9.17) is 18.6 Å². The van der Waals surface area contributed by atoms with Crippen molar-refractivity contribution < 1.29 is 32.9 Å². The molecule has 9 nitrogen and oxygen atoms in total. The fourth-order valence-corrected chi connectivity index (χ4v) is 3.59. The van der Waals surface area contributed by atoms with Gasteiger partial charge in [0.05, 0.1) is 23.7 Å². The number of hydrogen-bond donors (Lipinski definition) is 1. The van der Waals surface area contributed by atoms with Crippen molar-refractivity contribution in [1.82, 2.24) is 0 Å². The summed E-state index contributed by atoms with van der Waals surface area (Å²) in [6.07, 6.45) is 0. The lowest BCUT2D eigenvalue weighted by atomic mass is 10.1. The highest BCUT2D eigenvalue weighted by atomic mass is 31.2. The van der Waals surface area contributed by atoms with Crippen LogP contribution in [-0.2, 0) is 13.6 Å². The van der Waals surface area contributed by atoms with E-state index in [0.29, 0.717) is 0 Å². The Balaban J connectivity index is 2.50.